The van der Waals surface area contributed by atoms with Crippen molar-refractivity contribution in [3.05, 3.63) is 103 Å². The number of benzene rings is 3. The van der Waals surface area contributed by atoms with Gasteiger partial charge in [-0.1, -0.05) is 48.5 Å². The Morgan fingerprint density at radius 3 is 2.17 bits per heavy atom. The molecule has 1 aliphatic heterocycles. The summed E-state index contributed by atoms with van der Waals surface area (Å²) in [7, 11) is 0. The number of aromatic nitrogens is 3. The first-order chi connectivity index (χ1) is 17.6. The first-order valence-electron chi connectivity index (χ1n) is 11.6. The number of hydrogen-bond donors (Lipinski definition) is 2. The summed E-state index contributed by atoms with van der Waals surface area (Å²) in [5.74, 6) is -0.475. The van der Waals surface area contributed by atoms with Gasteiger partial charge in [0.2, 0.25) is 5.91 Å². The van der Waals surface area contributed by atoms with Crippen molar-refractivity contribution in [1.82, 2.24) is 14.8 Å². The Kier molecular flexibility index (Phi) is 6.53. The van der Waals surface area contributed by atoms with Crippen molar-refractivity contribution in [1.29, 1.82) is 0 Å². The lowest BCUT2D eigenvalue weighted by Crippen LogP contribution is -2.24. The first kappa shape index (κ1) is 23.0. The Morgan fingerprint density at radius 2 is 1.53 bits per heavy atom. The molecule has 9 nitrogen and oxygen atoms in total. The van der Waals surface area contributed by atoms with Gasteiger partial charge in [-0.25, -0.2) is 9.67 Å². The predicted molar refractivity (Wildman–Crippen MR) is 139 cm³/mol. The third-order valence-corrected chi connectivity index (χ3v) is 6.00. The molecule has 2 unspecified atom stereocenters. The molecule has 1 aromatic heterocycles. The van der Waals surface area contributed by atoms with Crippen LogP contribution in [-0.4, -0.2) is 32.3 Å². The summed E-state index contributed by atoms with van der Waals surface area (Å²) < 4.78 is 1.48. The van der Waals surface area contributed by atoms with Crippen LogP contribution in [0.15, 0.2) is 103 Å². The highest BCUT2D eigenvalue weighted by Crippen LogP contribution is 2.35. The fraction of sp³-hybridized carbons (Fsp3) is 0.148. The standard InChI is InChI=1S/C27H25N7O2/c1-19(33-18-28-17-29-33)26(35)30-21-12-14-22(15-13-21)31-27(36)24-16-25(20-8-4-2-5-9-20)34(32-24)23-10-6-3-7-11-23/h2-15,17-19,25H,16H2,1H3,(H,30,35)(H,31,36). The number of carbonyl (C=O) groups is 2. The van der Waals surface area contributed by atoms with Crippen LogP contribution in [-0.2, 0) is 9.59 Å². The maximum atomic E-state index is 13.1. The number of anilines is 3. The van der Waals surface area contributed by atoms with Crippen LogP contribution in [0.4, 0.5) is 17.1 Å². The van der Waals surface area contributed by atoms with Crippen molar-refractivity contribution in [3.63, 3.8) is 0 Å². The van der Waals surface area contributed by atoms with Crippen molar-refractivity contribution in [2.75, 3.05) is 15.6 Å². The predicted octanol–water partition coefficient (Wildman–Crippen LogP) is 4.42. The molecule has 2 atom stereocenters. The zero-order valence-electron chi connectivity index (χ0n) is 19.7. The van der Waals surface area contributed by atoms with E-state index < -0.39 is 6.04 Å². The van der Waals surface area contributed by atoms with E-state index in [1.54, 1.807) is 31.2 Å². The van der Waals surface area contributed by atoms with Gasteiger partial charge in [-0.05, 0) is 48.9 Å². The summed E-state index contributed by atoms with van der Waals surface area (Å²) in [5, 5.41) is 16.3. The highest BCUT2D eigenvalue weighted by Gasteiger charge is 2.32. The van der Waals surface area contributed by atoms with Crippen molar-refractivity contribution < 1.29 is 9.59 Å². The van der Waals surface area contributed by atoms with E-state index in [1.165, 1.54) is 17.3 Å². The molecule has 180 valence electrons. The van der Waals surface area contributed by atoms with Crippen molar-refractivity contribution in [3.8, 4) is 0 Å². The minimum absolute atomic E-state index is 0.0704. The smallest absolute Gasteiger partial charge is 0.271 e. The third-order valence-electron chi connectivity index (χ3n) is 6.00. The van der Waals surface area contributed by atoms with Crippen LogP contribution in [0.25, 0.3) is 0 Å². The molecule has 9 heteroatoms. The summed E-state index contributed by atoms with van der Waals surface area (Å²) >= 11 is 0. The van der Waals surface area contributed by atoms with Crippen LogP contribution in [0.3, 0.4) is 0 Å². The van der Waals surface area contributed by atoms with Gasteiger partial charge in [0.15, 0.2) is 0 Å². The average Bonchev–Trinajstić information content (AvgIpc) is 3.61. The zero-order valence-corrected chi connectivity index (χ0v) is 19.7. The Hall–Kier alpha value is -4.79. The lowest BCUT2D eigenvalue weighted by Gasteiger charge is -2.23. The number of rotatable bonds is 7. The second kappa shape index (κ2) is 10.2. The lowest BCUT2D eigenvalue weighted by molar-refractivity contribution is -0.119. The molecule has 0 saturated heterocycles. The van der Waals surface area contributed by atoms with Crippen LogP contribution in [0, 0.1) is 0 Å². The summed E-state index contributed by atoms with van der Waals surface area (Å²) in [4.78, 5) is 29.4. The minimum atomic E-state index is -0.502. The summed E-state index contributed by atoms with van der Waals surface area (Å²) in [6.45, 7) is 1.74. The number of carbonyl (C=O) groups excluding carboxylic acids is 2. The molecule has 3 aromatic carbocycles. The van der Waals surface area contributed by atoms with Gasteiger partial charge < -0.3 is 10.6 Å². The van der Waals surface area contributed by atoms with E-state index in [0.717, 1.165) is 11.3 Å². The molecule has 0 radical (unpaired) electrons. The van der Waals surface area contributed by atoms with Crippen LogP contribution in [0.1, 0.15) is 31.0 Å². The second-order valence-electron chi connectivity index (χ2n) is 8.43. The number of amides is 2. The van der Waals surface area contributed by atoms with Gasteiger partial charge in [0.25, 0.3) is 5.91 Å². The van der Waals surface area contributed by atoms with E-state index >= 15 is 0 Å². The van der Waals surface area contributed by atoms with Crippen LogP contribution < -0.4 is 15.6 Å². The largest absolute Gasteiger partial charge is 0.324 e. The van der Waals surface area contributed by atoms with Gasteiger partial charge in [0.05, 0.1) is 11.7 Å². The molecule has 36 heavy (non-hydrogen) atoms. The van der Waals surface area contributed by atoms with Crippen molar-refractivity contribution >= 4 is 34.6 Å². The topological polar surface area (TPSA) is 105 Å². The number of hydrogen-bond acceptors (Lipinski definition) is 6. The van der Waals surface area contributed by atoms with Crippen LogP contribution >= 0.6 is 0 Å². The van der Waals surface area contributed by atoms with Gasteiger partial charge >= 0.3 is 0 Å². The monoisotopic (exact) mass is 479 g/mol. The molecule has 2 amide bonds. The van der Waals surface area contributed by atoms with Gasteiger partial charge in [-0.3, -0.25) is 14.6 Å². The lowest BCUT2D eigenvalue weighted by atomic mass is 10.0. The van der Waals surface area contributed by atoms with Gasteiger partial charge in [-0.15, -0.1) is 0 Å². The van der Waals surface area contributed by atoms with E-state index in [2.05, 4.69) is 25.8 Å². The normalized spacial score (nSPS) is 15.8. The van der Waals surface area contributed by atoms with E-state index in [9.17, 15) is 9.59 Å². The fourth-order valence-corrected chi connectivity index (χ4v) is 4.03. The number of hydrazone groups is 1. The minimum Gasteiger partial charge on any atom is -0.324 e. The maximum absolute atomic E-state index is 13.1. The summed E-state index contributed by atoms with van der Waals surface area (Å²) in [5.41, 5.74) is 3.69. The summed E-state index contributed by atoms with van der Waals surface area (Å²) in [6.07, 6.45) is 3.37. The number of para-hydroxylation sites is 1. The zero-order chi connectivity index (χ0) is 24.9. The van der Waals surface area contributed by atoms with Gasteiger partial charge in [-0.2, -0.15) is 10.2 Å². The van der Waals surface area contributed by atoms with Gasteiger partial charge in [0, 0.05) is 17.8 Å². The second-order valence-corrected chi connectivity index (χ2v) is 8.43. The molecular formula is C27H25N7O2. The highest BCUT2D eigenvalue weighted by atomic mass is 16.2. The first-order valence-corrected chi connectivity index (χ1v) is 11.6. The highest BCUT2D eigenvalue weighted by molar-refractivity contribution is 6.43. The molecule has 5 rings (SSSR count). The van der Waals surface area contributed by atoms with E-state index in [0.29, 0.717) is 23.5 Å². The fourth-order valence-electron chi connectivity index (χ4n) is 4.03. The Bertz CT molecular complexity index is 1350. The molecule has 0 aliphatic carbocycles. The van der Waals surface area contributed by atoms with E-state index in [4.69, 9.17) is 0 Å². The quantitative estimate of drug-likeness (QED) is 0.408. The van der Waals surface area contributed by atoms with E-state index in [-0.39, 0.29) is 17.9 Å². The third kappa shape index (κ3) is 5.00. The van der Waals surface area contributed by atoms with Crippen LogP contribution in [0.2, 0.25) is 0 Å². The van der Waals surface area contributed by atoms with Crippen LogP contribution in [0.5, 0.6) is 0 Å². The molecule has 0 spiro atoms. The SMILES string of the molecule is CC(C(=O)Nc1ccc(NC(=O)C2=NN(c3ccccc3)C(c3ccccc3)C2)cc1)n1cncn1. The summed E-state index contributed by atoms with van der Waals surface area (Å²) in [6, 6.07) is 26.3. The maximum Gasteiger partial charge on any atom is 0.271 e. The van der Waals surface area contributed by atoms with Crippen molar-refractivity contribution in [2.24, 2.45) is 5.10 Å². The Morgan fingerprint density at radius 1 is 0.889 bits per heavy atom. The van der Waals surface area contributed by atoms with E-state index in [1.807, 2.05) is 65.7 Å². The molecule has 0 fully saturated rings. The molecular weight excluding hydrogens is 454 g/mol. The molecule has 0 bridgehead atoms. The average molecular weight is 480 g/mol. The Labute approximate surface area is 208 Å². The Balaban J connectivity index is 1.27. The molecule has 2 N–H and O–H groups in total. The van der Waals surface area contributed by atoms with Gasteiger partial charge in [0.1, 0.15) is 24.4 Å². The van der Waals surface area contributed by atoms with Crippen molar-refractivity contribution in [2.45, 2.75) is 25.4 Å². The number of nitrogens with zero attached hydrogens (tertiary/aromatic N) is 5. The number of nitrogens with one attached hydrogen (secondary N) is 2. The molecule has 2 heterocycles. The molecule has 4 aromatic rings. The molecule has 0 saturated carbocycles. The molecule has 1 aliphatic rings.